The van der Waals surface area contributed by atoms with Crippen molar-refractivity contribution in [3.05, 3.63) is 40.1 Å². The van der Waals surface area contributed by atoms with Crippen LogP contribution in [0.2, 0.25) is 0 Å². The summed E-state index contributed by atoms with van der Waals surface area (Å²) in [6, 6.07) is 5.95. The van der Waals surface area contributed by atoms with Gasteiger partial charge in [-0.25, -0.2) is 0 Å². The molecule has 2 rings (SSSR count). The maximum atomic E-state index is 5.59. The summed E-state index contributed by atoms with van der Waals surface area (Å²) in [6.07, 6.45) is 1.80. The van der Waals surface area contributed by atoms with E-state index in [2.05, 4.69) is 33.3 Å². The number of halogens is 1. The molecule has 6 heteroatoms. The third-order valence-electron chi connectivity index (χ3n) is 3.39. The van der Waals surface area contributed by atoms with Crippen molar-refractivity contribution >= 4 is 15.9 Å². The van der Waals surface area contributed by atoms with Crippen LogP contribution in [0, 0.1) is 0 Å². The first-order valence-electron chi connectivity index (χ1n) is 6.75. The highest BCUT2D eigenvalue weighted by Gasteiger charge is 2.23. The summed E-state index contributed by atoms with van der Waals surface area (Å²) in [4.78, 5) is 0. The Balaban J connectivity index is 2.55. The van der Waals surface area contributed by atoms with Gasteiger partial charge in [0.25, 0.3) is 0 Å². The Morgan fingerprint density at radius 1 is 1.29 bits per heavy atom. The SMILES string of the molecule is CCNC(c1ccc(OC)c(Br)c1OC)c1ccnn1C. The Bertz CT molecular complexity index is 613. The van der Waals surface area contributed by atoms with Gasteiger partial charge >= 0.3 is 0 Å². The third kappa shape index (κ3) is 3.06. The van der Waals surface area contributed by atoms with Gasteiger partial charge in [0.2, 0.25) is 0 Å². The predicted octanol–water partition coefficient (Wildman–Crippen LogP) is 2.90. The summed E-state index contributed by atoms with van der Waals surface area (Å²) in [6.45, 7) is 2.91. The number of nitrogens with zero attached hydrogens (tertiary/aromatic N) is 2. The normalized spacial score (nSPS) is 12.2. The van der Waals surface area contributed by atoms with Crippen LogP contribution in [0.25, 0.3) is 0 Å². The summed E-state index contributed by atoms with van der Waals surface area (Å²) >= 11 is 3.55. The van der Waals surface area contributed by atoms with E-state index in [1.54, 1.807) is 20.4 Å². The van der Waals surface area contributed by atoms with E-state index in [0.717, 1.165) is 33.8 Å². The van der Waals surface area contributed by atoms with E-state index in [-0.39, 0.29) is 6.04 Å². The standard InChI is InChI=1S/C15H20BrN3O2/c1-5-17-14(11-8-9-18-19(11)2)10-6-7-12(20-3)13(16)15(10)21-4/h6-9,14,17H,5H2,1-4H3. The highest BCUT2D eigenvalue weighted by molar-refractivity contribution is 9.10. The quantitative estimate of drug-likeness (QED) is 0.867. The van der Waals surface area contributed by atoms with Crippen molar-refractivity contribution in [3.63, 3.8) is 0 Å². The largest absolute Gasteiger partial charge is 0.495 e. The van der Waals surface area contributed by atoms with Crippen molar-refractivity contribution in [2.45, 2.75) is 13.0 Å². The average Bonchev–Trinajstić information content (AvgIpc) is 2.90. The monoisotopic (exact) mass is 353 g/mol. The van der Waals surface area contributed by atoms with E-state index >= 15 is 0 Å². The molecule has 0 saturated heterocycles. The minimum absolute atomic E-state index is 0.000318. The van der Waals surface area contributed by atoms with Crippen LogP contribution in [0.15, 0.2) is 28.9 Å². The van der Waals surface area contributed by atoms with Gasteiger partial charge < -0.3 is 14.8 Å². The van der Waals surface area contributed by atoms with Gasteiger partial charge in [0.05, 0.1) is 26.0 Å². The molecular weight excluding hydrogens is 334 g/mol. The zero-order valence-corrected chi connectivity index (χ0v) is 14.3. The Morgan fingerprint density at radius 3 is 2.57 bits per heavy atom. The molecule has 1 heterocycles. The molecule has 114 valence electrons. The van der Waals surface area contributed by atoms with Crippen LogP contribution in [0.5, 0.6) is 11.5 Å². The maximum absolute atomic E-state index is 5.59. The minimum Gasteiger partial charge on any atom is -0.495 e. The van der Waals surface area contributed by atoms with Gasteiger partial charge in [0, 0.05) is 18.8 Å². The lowest BCUT2D eigenvalue weighted by atomic mass is 10.0. The molecule has 0 aliphatic rings. The maximum Gasteiger partial charge on any atom is 0.141 e. The van der Waals surface area contributed by atoms with E-state index in [4.69, 9.17) is 9.47 Å². The number of hydrogen-bond acceptors (Lipinski definition) is 4. The number of benzene rings is 1. The summed E-state index contributed by atoms with van der Waals surface area (Å²) in [7, 11) is 5.24. The molecule has 0 saturated carbocycles. The zero-order valence-electron chi connectivity index (χ0n) is 12.7. The Morgan fingerprint density at radius 2 is 2.05 bits per heavy atom. The molecule has 0 aliphatic carbocycles. The summed E-state index contributed by atoms with van der Waals surface area (Å²) in [5.41, 5.74) is 2.11. The molecule has 0 aliphatic heterocycles. The fraction of sp³-hybridized carbons (Fsp3) is 0.400. The van der Waals surface area contributed by atoms with E-state index in [1.165, 1.54) is 0 Å². The average molecular weight is 354 g/mol. The Kier molecular flexibility index (Phi) is 5.25. The number of aryl methyl sites for hydroxylation is 1. The Hall–Kier alpha value is -1.53. The van der Waals surface area contributed by atoms with Crippen molar-refractivity contribution in [3.8, 4) is 11.5 Å². The lowest BCUT2D eigenvalue weighted by Gasteiger charge is -2.22. The van der Waals surface area contributed by atoms with Crippen LogP contribution in [0.1, 0.15) is 24.2 Å². The van der Waals surface area contributed by atoms with Gasteiger partial charge in [-0.05, 0) is 40.7 Å². The Labute approximate surface area is 133 Å². The fourth-order valence-corrected chi connectivity index (χ4v) is 3.08. The van der Waals surface area contributed by atoms with Crippen LogP contribution in [0.3, 0.4) is 0 Å². The second-order valence-electron chi connectivity index (χ2n) is 4.57. The number of ether oxygens (including phenoxy) is 2. The van der Waals surface area contributed by atoms with Crippen LogP contribution in [-0.4, -0.2) is 30.5 Å². The second kappa shape index (κ2) is 6.95. The van der Waals surface area contributed by atoms with Crippen LogP contribution in [-0.2, 0) is 7.05 Å². The molecule has 1 aromatic heterocycles. The predicted molar refractivity (Wildman–Crippen MR) is 86.0 cm³/mol. The molecule has 0 amide bonds. The number of nitrogens with one attached hydrogen (secondary N) is 1. The summed E-state index contributed by atoms with van der Waals surface area (Å²) < 4.78 is 13.6. The van der Waals surface area contributed by atoms with Crippen molar-refractivity contribution < 1.29 is 9.47 Å². The molecule has 0 spiro atoms. The molecule has 1 N–H and O–H groups in total. The van der Waals surface area contributed by atoms with Gasteiger partial charge in [0.15, 0.2) is 0 Å². The minimum atomic E-state index is -0.000318. The molecule has 5 nitrogen and oxygen atoms in total. The first-order chi connectivity index (χ1) is 10.1. The molecule has 1 aromatic carbocycles. The first kappa shape index (κ1) is 15.9. The van der Waals surface area contributed by atoms with Gasteiger partial charge in [-0.2, -0.15) is 5.10 Å². The number of aromatic nitrogens is 2. The van der Waals surface area contributed by atoms with Crippen LogP contribution in [0.4, 0.5) is 0 Å². The van der Waals surface area contributed by atoms with Crippen molar-refractivity contribution in [2.24, 2.45) is 7.05 Å². The van der Waals surface area contributed by atoms with E-state index in [9.17, 15) is 0 Å². The smallest absolute Gasteiger partial charge is 0.141 e. The summed E-state index contributed by atoms with van der Waals surface area (Å²) in [5, 5.41) is 7.74. The van der Waals surface area contributed by atoms with Crippen molar-refractivity contribution in [1.29, 1.82) is 0 Å². The topological polar surface area (TPSA) is 48.3 Å². The molecule has 0 bridgehead atoms. The second-order valence-corrected chi connectivity index (χ2v) is 5.37. The highest BCUT2D eigenvalue weighted by Crippen LogP contribution is 2.41. The third-order valence-corrected chi connectivity index (χ3v) is 4.14. The van der Waals surface area contributed by atoms with Crippen LogP contribution >= 0.6 is 15.9 Å². The van der Waals surface area contributed by atoms with E-state index in [1.807, 2.05) is 29.9 Å². The molecule has 1 atom stereocenters. The molecule has 2 aromatic rings. The van der Waals surface area contributed by atoms with Crippen molar-refractivity contribution in [2.75, 3.05) is 20.8 Å². The highest BCUT2D eigenvalue weighted by atomic mass is 79.9. The number of hydrogen-bond donors (Lipinski definition) is 1. The van der Waals surface area contributed by atoms with Gasteiger partial charge in [-0.3, -0.25) is 4.68 Å². The van der Waals surface area contributed by atoms with Crippen molar-refractivity contribution in [1.82, 2.24) is 15.1 Å². The first-order valence-corrected chi connectivity index (χ1v) is 7.55. The van der Waals surface area contributed by atoms with Gasteiger partial charge in [-0.1, -0.05) is 6.92 Å². The van der Waals surface area contributed by atoms with E-state index in [0.29, 0.717) is 0 Å². The van der Waals surface area contributed by atoms with Gasteiger partial charge in [0.1, 0.15) is 16.0 Å². The molecular formula is C15H20BrN3O2. The zero-order chi connectivity index (χ0) is 15.4. The number of rotatable bonds is 6. The molecule has 1 unspecified atom stereocenters. The molecule has 0 fully saturated rings. The lowest BCUT2D eigenvalue weighted by Crippen LogP contribution is -2.24. The van der Waals surface area contributed by atoms with E-state index < -0.39 is 0 Å². The van der Waals surface area contributed by atoms with Gasteiger partial charge in [-0.15, -0.1) is 0 Å². The fourth-order valence-electron chi connectivity index (χ4n) is 2.39. The summed E-state index contributed by atoms with van der Waals surface area (Å²) in [5.74, 6) is 1.51. The number of methoxy groups -OCH3 is 2. The molecule has 21 heavy (non-hydrogen) atoms. The molecule has 0 radical (unpaired) electrons. The van der Waals surface area contributed by atoms with Crippen LogP contribution < -0.4 is 14.8 Å². The lowest BCUT2D eigenvalue weighted by molar-refractivity contribution is 0.382.